The van der Waals surface area contributed by atoms with Gasteiger partial charge in [0, 0.05) is 12.5 Å². The number of carbonyl (C=O) groups is 1. The van der Waals surface area contributed by atoms with Crippen molar-refractivity contribution in [3.8, 4) is 0 Å². The highest BCUT2D eigenvalue weighted by molar-refractivity contribution is 5.66. The lowest BCUT2D eigenvalue weighted by Gasteiger charge is -2.16. The molecule has 0 aliphatic carbocycles. The molecule has 0 saturated heterocycles. The van der Waals surface area contributed by atoms with Crippen LogP contribution in [0.15, 0.2) is 18.2 Å². The van der Waals surface area contributed by atoms with Crippen LogP contribution in [0, 0.1) is 13.8 Å². The standard InChI is InChI=1S/C14H21NO2/c1-10-6-7-13(11(2)9-10)12(3)15-8-4-5-14(16)17/h6-7,9,12,15H,4-5,8H2,1-3H3,(H,16,17). The van der Waals surface area contributed by atoms with Crippen molar-refractivity contribution in [2.45, 2.75) is 39.7 Å². The Bertz CT molecular complexity index is 388. The molecular weight excluding hydrogens is 214 g/mol. The number of aliphatic carboxylic acids is 1. The summed E-state index contributed by atoms with van der Waals surface area (Å²) in [7, 11) is 0. The maximum Gasteiger partial charge on any atom is 0.303 e. The van der Waals surface area contributed by atoms with Crippen LogP contribution in [0.2, 0.25) is 0 Å². The first kappa shape index (κ1) is 13.7. The Morgan fingerprint density at radius 3 is 2.71 bits per heavy atom. The van der Waals surface area contributed by atoms with E-state index in [1.807, 2.05) is 0 Å². The average Bonchev–Trinajstić information content (AvgIpc) is 2.23. The second kappa shape index (κ2) is 6.40. The van der Waals surface area contributed by atoms with Crippen molar-refractivity contribution >= 4 is 5.97 Å². The van der Waals surface area contributed by atoms with Gasteiger partial charge in [0.2, 0.25) is 0 Å². The summed E-state index contributed by atoms with van der Waals surface area (Å²) in [5.74, 6) is -0.731. The van der Waals surface area contributed by atoms with E-state index in [1.165, 1.54) is 16.7 Å². The molecule has 0 aliphatic rings. The Morgan fingerprint density at radius 2 is 2.12 bits per heavy atom. The zero-order valence-electron chi connectivity index (χ0n) is 10.8. The summed E-state index contributed by atoms with van der Waals surface area (Å²) in [6.45, 7) is 7.04. The molecule has 1 aromatic rings. The van der Waals surface area contributed by atoms with E-state index < -0.39 is 5.97 Å². The molecule has 1 unspecified atom stereocenters. The van der Waals surface area contributed by atoms with Gasteiger partial charge >= 0.3 is 5.97 Å². The molecular formula is C14H21NO2. The summed E-state index contributed by atoms with van der Waals surface area (Å²) < 4.78 is 0. The molecule has 0 amide bonds. The number of hydrogen-bond acceptors (Lipinski definition) is 2. The van der Waals surface area contributed by atoms with Crippen molar-refractivity contribution in [1.82, 2.24) is 5.32 Å². The number of hydrogen-bond donors (Lipinski definition) is 2. The molecule has 94 valence electrons. The number of carboxylic acids is 1. The van der Waals surface area contributed by atoms with E-state index in [0.717, 1.165) is 6.54 Å². The summed E-state index contributed by atoms with van der Waals surface area (Å²) in [6, 6.07) is 6.69. The van der Waals surface area contributed by atoms with E-state index in [2.05, 4.69) is 44.3 Å². The van der Waals surface area contributed by atoms with Gasteiger partial charge in [-0.3, -0.25) is 4.79 Å². The molecule has 0 fully saturated rings. The van der Waals surface area contributed by atoms with Gasteiger partial charge in [-0.25, -0.2) is 0 Å². The molecule has 0 saturated carbocycles. The van der Waals surface area contributed by atoms with Crippen LogP contribution in [0.25, 0.3) is 0 Å². The van der Waals surface area contributed by atoms with Crippen LogP contribution in [-0.2, 0) is 4.79 Å². The quantitative estimate of drug-likeness (QED) is 0.745. The van der Waals surface area contributed by atoms with Crippen molar-refractivity contribution in [2.75, 3.05) is 6.54 Å². The fraction of sp³-hybridized carbons (Fsp3) is 0.500. The van der Waals surface area contributed by atoms with Crippen LogP contribution in [0.5, 0.6) is 0 Å². The van der Waals surface area contributed by atoms with E-state index in [-0.39, 0.29) is 12.5 Å². The first-order valence-electron chi connectivity index (χ1n) is 6.03. The van der Waals surface area contributed by atoms with Gasteiger partial charge in [0.1, 0.15) is 0 Å². The van der Waals surface area contributed by atoms with Crippen LogP contribution in [0.4, 0.5) is 0 Å². The SMILES string of the molecule is Cc1ccc(C(C)NCCCC(=O)O)c(C)c1. The van der Waals surface area contributed by atoms with E-state index in [9.17, 15) is 4.79 Å². The Morgan fingerprint density at radius 1 is 1.41 bits per heavy atom. The third-order valence-electron chi connectivity index (χ3n) is 2.91. The van der Waals surface area contributed by atoms with Gasteiger partial charge in [-0.15, -0.1) is 0 Å². The van der Waals surface area contributed by atoms with Crippen molar-refractivity contribution in [3.05, 3.63) is 34.9 Å². The summed E-state index contributed by atoms with van der Waals surface area (Å²) in [5, 5.41) is 11.9. The van der Waals surface area contributed by atoms with E-state index in [4.69, 9.17) is 5.11 Å². The predicted molar refractivity (Wildman–Crippen MR) is 69.2 cm³/mol. The minimum Gasteiger partial charge on any atom is -0.481 e. The monoisotopic (exact) mass is 235 g/mol. The summed E-state index contributed by atoms with van der Waals surface area (Å²) in [5.41, 5.74) is 3.83. The predicted octanol–water partition coefficient (Wildman–Crippen LogP) is 2.82. The first-order chi connectivity index (χ1) is 8.00. The van der Waals surface area contributed by atoms with Gasteiger partial charge in [0.05, 0.1) is 0 Å². The molecule has 1 aromatic carbocycles. The van der Waals surface area contributed by atoms with Crippen LogP contribution in [-0.4, -0.2) is 17.6 Å². The lowest BCUT2D eigenvalue weighted by Crippen LogP contribution is -2.21. The lowest BCUT2D eigenvalue weighted by molar-refractivity contribution is -0.137. The van der Waals surface area contributed by atoms with Gasteiger partial charge < -0.3 is 10.4 Å². The molecule has 3 heteroatoms. The normalized spacial score (nSPS) is 12.4. The topological polar surface area (TPSA) is 49.3 Å². The maximum absolute atomic E-state index is 10.4. The van der Waals surface area contributed by atoms with Crippen molar-refractivity contribution in [1.29, 1.82) is 0 Å². The van der Waals surface area contributed by atoms with E-state index in [1.54, 1.807) is 0 Å². The number of aryl methyl sites for hydroxylation is 2. The first-order valence-corrected chi connectivity index (χ1v) is 6.03. The fourth-order valence-corrected chi connectivity index (χ4v) is 1.98. The number of rotatable bonds is 6. The third kappa shape index (κ3) is 4.57. The smallest absolute Gasteiger partial charge is 0.303 e. The Labute approximate surface area is 103 Å². The van der Waals surface area contributed by atoms with E-state index in [0.29, 0.717) is 6.42 Å². The van der Waals surface area contributed by atoms with Gasteiger partial charge in [-0.1, -0.05) is 23.8 Å². The highest BCUT2D eigenvalue weighted by Gasteiger charge is 2.07. The molecule has 3 nitrogen and oxygen atoms in total. The maximum atomic E-state index is 10.4. The fourth-order valence-electron chi connectivity index (χ4n) is 1.98. The van der Waals surface area contributed by atoms with E-state index >= 15 is 0 Å². The molecule has 2 N–H and O–H groups in total. The zero-order chi connectivity index (χ0) is 12.8. The second-order valence-electron chi connectivity index (χ2n) is 4.53. The molecule has 0 aromatic heterocycles. The lowest BCUT2D eigenvalue weighted by atomic mass is 10.0. The highest BCUT2D eigenvalue weighted by Crippen LogP contribution is 2.18. The summed E-state index contributed by atoms with van der Waals surface area (Å²) in [6.07, 6.45) is 0.900. The van der Waals surface area contributed by atoms with Crippen LogP contribution in [0.1, 0.15) is 42.5 Å². The van der Waals surface area contributed by atoms with Gasteiger partial charge in [0.25, 0.3) is 0 Å². The summed E-state index contributed by atoms with van der Waals surface area (Å²) >= 11 is 0. The molecule has 1 rings (SSSR count). The molecule has 0 bridgehead atoms. The number of benzene rings is 1. The third-order valence-corrected chi connectivity index (χ3v) is 2.91. The summed E-state index contributed by atoms with van der Waals surface area (Å²) in [4.78, 5) is 10.4. The number of carboxylic acid groups (broad SMARTS) is 1. The zero-order valence-corrected chi connectivity index (χ0v) is 10.8. The minimum atomic E-state index is -0.731. The average molecular weight is 235 g/mol. The molecule has 17 heavy (non-hydrogen) atoms. The molecule has 0 spiro atoms. The Kier molecular flexibility index (Phi) is 5.16. The molecule has 0 heterocycles. The highest BCUT2D eigenvalue weighted by atomic mass is 16.4. The van der Waals surface area contributed by atoms with Gasteiger partial charge in [-0.2, -0.15) is 0 Å². The van der Waals surface area contributed by atoms with Crippen molar-refractivity contribution < 1.29 is 9.90 Å². The second-order valence-corrected chi connectivity index (χ2v) is 4.53. The van der Waals surface area contributed by atoms with Crippen molar-refractivity contribution in [2.24, 2.45) is 0 Å². The molecule has 1 atom stereocenters. The van der Waals surface area contributed by atoms with Gasteiger partial charge in [-0.05, 0) is 44.9 Å². The number of nitrogens with one attached hydrogen (secondary N) is 1. The van der Waals surface area contributed by atoms with Crippen LogP contribution < -0.4 is 5.32 Å². The largest absolute Gasteiger partial charge is 0.481 e. The molecule has 0 aliphatic heterocycles. The van der Waals surface area contributed by atoms with Crippen molar-refractivity contribution in [3.63, 3.8) is 0 Å². The van der Waals surface area contributed by atoms with Crippen LogP contribution >= 0.6 is 0 Å². The minimum absolute atomic E-state index is 0.229. The van der Waals surface area contributed by atoms with Gasteiger partial charge in [0.15, 0.2) is 0 Å². The Hall–Kier alpha value is -1.35. The molecule has 0 radical (unpaired) electrons. The Balaban J connectivity index is 2.46. The van der Waals surface area contributed by atoms with Crippen LogP contribution in [0.3, 0.4) is 0 Å².